The number of nitrogens with one attached hydrogen (secondary N) is 1. The van der Waals surface area contributed by atoms with Gasteiger partial charge in [0.2, 0.25) is 0 Å². The molecule has 1 aromatic carbocycles. The van der Waals surface area contributed by atoms with Crippen molar-refractivity contribution in [3.63, 3.8) is 0 Å². The number of nitrogens with two attached hydrogens (primary N) is 1. The molecule has 20 heavy (non-hydrogen) atoms. The highest BCUT2D eigenvalue weighted by Crippen LogP contribution is 2.31. The average Bonchev–Trinajstić information content (AvgIpc) is 2.48. The maximum atomic E-state index is 13.4. The summed E-state index contributed by atoms with van der Waals surface area (Å²) in [5, 5.41) is 0. The standard InChI is InChI=1S/C14H14BrFN4/c15-11-6-5-8(16)7-10(11)13-18-12-4-2-1-3-9(12)14(19-13)20-17/h5-7H,1-4,17H2,(H,18,19,20). The second kappa shape index (κ2) is 5.46. The fraction of sp³-hybridized carbons (Fsp3) is 0.286. The van der Waals surface area contributed by atoms with Gasteiger partial charge in [-0.1, -0.05) is 15.9 Å². The van der Waals surface area contributed by atoms with Gasteiger partial charge in [-0.2, -0.15) is 0 Å². The summed E-state index contributed by atoms with van der Waals surface area (Å²) in [5.41, 5.74) is 5.36. The molecular formula is C14H14BrFN4. The Morgan fingerprint density at radius 1 is 1.20 bits per heavy atom. The zero-order valence-electron chi connectivity index (χ0n) is 10.8. The third-order valence-corrected chi connectivity index (χ3v) is 4.18. The van der Waals surface area contributed by atoms with Crippen molar-refractivity contribution in [2.75, 3.05) is 5.43 Å². The van der Waals surface area contributed by atoms with E-state index in [1.807, 2.05) is 0 Å². The molecule has 0 radical (unpaired) electrons. The number of aryl methyl sites for hydroxylation is 1. The molecule has 0 fully saturated rings. The summed E-state index contributed by atoms with van der Waals surface area (Å²) in [6, 6.07) is 4.48. The quantitative estimate of drug-likeness (QED) is 0.652. The predicted octanol–water partition coefficient (Wildman–Crippen LogP) is 3.21. The van der Waals surface area contributed by atoms with Gasteiger partial charge >= 0.3 is 0 Å². The second-order valence-electron chi connectivity index (χ2n) is 4.80. The number of hydrogen-bond donors (Lipinski definition) is 2. The van der Waals surface area contributed by atoms with Crippen LogP contribution in [0.2, 0.25) is 0 Å². The Kier molecular flexibility index (Phi) is 3.67. The molecule has 1 aliphatic carbocycles. The number of benzene rings is 1. The first-order valence-corrected chi connectivity index (χ1v) is 7.30. The lowest BCUT2D eigenvalue weighted by Crippen LogP contribution is -2.17. The zero-order chi connectivity index (χ0) is 14.1. The SMILES string of the molecule is NNc1nc(-c2cc(F)ccc2Br)nc2c1CCCC2. The molecule has 0 aliphatic heterocycles. The van der Waals surface area contributed by atoms with Gasteiger partial charge in [0.25, 0.3) is 0 Å². The van der Waals surface area contributed by atoms with Crippen LogP contribution in [0.3, 0.4) is 0 Å². The fourth-order valence-corrected chi connectivity index (χ4v) is 2.93. The minimum absolute atomic E-state index is 0.313. The van der Waals surface area contributed by atoms with Gasteiger partial charge in [0.1, 0.15) is 11.6 Å². The van der Waals surface area contributed by atoms with Crippen molar-refractivity contribution in [3.8, 4) is 11.4 Å². The van der Waals surface area contributed by atoms with Crippen molar-refractivity contribution in [3.05, 3.63) is 39.7 Å². The van der Waals surface area contributed by atoms with Gasteiger partial charge in [0, 0.05) is 21.3 Å². The van der Waals surface area contributed by atoms with Crippen molar-refractivity contribution in [1.82, 2.24) is 9.97 Å². The average molecular weight is 337 g/mol. The van der Waals surface area contributed by atoms with E-state index in [2.05, 4.69) is 31.3 Å². The van der Waals surface area contributed by atoms with Gasteiger partial charge in [-0.25, -0.2) is 20.2 Å². The first kappa shape index (κ1) is 13.5. The molecule has 0 saturated carbocycles. The van der Waals surface area contributed by atoms with E-state index >= 15 is 0 Å². The van der Waals surface area contributed by atoms with Crippen LogP contribution < -0.4 is 11.3 Å². The van der Waals surface area contributed by atoms with Gasteiger partial charge in [0.05, 0.1) is 0 Å². The summed E-state index contributed by atoms with van der Waals surface area (Å²) in [6.45, 7) is 0. The molecule has 1 aromatic heterocycles. The van der Waals surface area contributed by atoms with Crippen LogP contribution in [-0.2, 0) is 12.8 Å². The van der Waals surface area contributed by atoms with Crippen LogP contribution >= 0.6 is 15.9 Å². The summed E-state index contributed by atoms with van der Waals surface area (Å²) in [4.78, 5) is 9.02. The predicted molar refractivity (Wildman–Crippen MR) is 79.6 cm³/mol. The summed E-state index contributed by atoms with van der Waals surface area (Å²) in [7, 11) is 0. The Labute approximate surface area is 124 Å². The highest BCUT2D eigenvalue weighted by molar-refractivity contribution is 9.10. The molecule has 0 bridgehead atoms. The van der Waals surface area contributed by atoms with Crippen LogP contribution in [0.5, 0.6) is 0 Å². The molecule has 0 atom stereocenters. The molecule has 6 heteroatoms. The second-order valence-corrected chi connectivity index (χ2v) is 5.65. The molecule has 4 nitrogen and oxygen atoms in total. The van der Waals surface area contributed by atoms with Gasteiger partial charge in [-0.05, 0) is 43.9 Å². The number of aromatic nitrogens is 2. The van der Waals surface area contributed by atoms with E-state index in [0.29, 0.717) is 17.2 Å². The Morgan fingerprint density at radius 2 is 2.00 bits per heavy atom. The highest BCUT2D eigenvalue weighted by atomic mass is 79.9. The van der Waals surface area contributed by atoms with Gasteiger partial charge in [0.15, 0.2) is 5.82 Å². The van der Waals surface area contributed by atoms with Gasteiger partial charge in [-0.3, -0.25) is 0 Å². The van der Waals surface area contributed by atoms with Crippen LogP contribution in [0.1, 0.15) is 24.1 Å². The van der Waals surface area contributed by atoms with E-state index in [4.69, 9.17) is 5.84 Å². The molecule has 3 N–H and O–H groups in total. The number of anilines is 1. The van der Waals surface area contributed by atoms with Crippen LogP contribution in [-0.4, -0.2) is 9.97 Å². The van der Waals surface area contributed by atoms with Crippen LogP contribution in [0, 0.1) is 5.82 Å². The summed E-state index contributed by atoms with van der Waals surface area (Å²) in [5.74, 6) is 6.38. The third-order valence-electron chi connectivity index (χ3n) is 3.49. The lowest BCUT2D eigenvalue weighted by atomic mass is 9.96. The third kappa shape index (κ3) is 2.41. The molecular weight excluding hydrogens is 323 g/mol. The lowest BCUT2D eigenvalue weighted by molar-refractivity contribution is 0.627. The molecule has 0 saturated heterocycles. The largest absolute Gasteiger partial charge is 0.308 e. The monoisotopic (exact) mass is 336 g/mol. The Balaban J connectivity index is 2.17. The van der Waals surface area contributed by atoms with Crippen molar-refractivity contribution >= 4 is 21.7 Å². The smallest absolute Gasteiger partial charge is 0.163 e. The van der Waals surface area contributed by atoms with Gasteiger partial charge < -0.3 is 5.43 Å². The first-order valence-electron chi connectivity index (χ1n) is 6.51. The van der Waals surface area contributed by atoms with Crippen molar-refractivity contribution in [2.45, 2.75) is 25.7 Å². The topological polar surface area (TPSA) is 63.8 Å². The summed E-state index contributed by atoms with van der Waals surface area (Å²) < 4.78 is 14.2. The number of nitrogens with zero attached hydrogens (tertiary/aromatic N) is 2. The van der Waals surface area contributed by atoms with E-state index in [-0.39, 0.29) is 5.82 Å². The minimum Gasteiger partial charge on any atom is -0.308 e. The van der Waals surface area contributed by atoms with E-state index < -0.39 is 0 Å². The first-order chi connectivity index (χ1) is 9.69. The Bertz CT molecular complexity index is 643. The van der Waals surface area contributed by atoms with Gasteiger partial charge in [-0.15, -0.1) is 0 Å². The van der Waals surface area contributed by atoms with Crippen molar-refractivity contribution in [1.29, 1.82) is 0 Å². The van der Waals surface area contributed by atoms with Crippen LogP contribution in [0.15, 0.2) is 22.7 Å². The number of fused-ring (bicyclic) bond motifs is 1. The van der Waals surface area contributed by atoms with Crippen molar-refractivity contribution in [2.24, 2.45) is 5.84 Å². The normalized spacial score (nSPS) is 13.9. The maximum absolute atomic E-state index is 13.4. The number of halogens is 2. The number of hydrogen-bond acceptors (Lipinski definition) is 4. The van der Waals surface area contributed by atoms with E-state index in [9.17, 15) is 4.39 Å². The molecule has 1 aliphatic rings. The van der Waals surface area contributed by atoms with Crippen LogP contribution in [0.25, 0.3) is 11.4 Å². The summed E-state index contributed by atoms with van der Waals surface area (Å²) in [6.07, 6.45) is 4.07. The summed E-state index contributed by atoms with van der Waals surface area (Å²) >= 11 is 3.41. The molecule has 0 amide bonds. The lowest BCUT2D eigenvalue weighted by Gasteiger charge is -2.19. The minimum atomic E-state index is -0.313. The number of hydrazine groups is 1. The molecule has 2 aromatic rings. The highest BCUT2D eigenvalue weighted by Gasteiger charge is 2.19. The zero-order valence-corrected chi connectivity index (χ0v) is 12.4. The van der Waals surface area contributed by atoms with Crippen molar-refractivity contribution < 1.29 is 4.39 Å². The maximum Gasteiger partial charge on any atom is 0.163 e. The van der Waals surface area contributed by atoms with Crippen LogP contribution in [0.4, 0.5) is 10.2 Å². The number of rotatable bonds is 2. The number of nitrogen functional groups attached to an aromatic ring is 1. The molecule has 0 unspecified atom stereocenters. The fourth-order valence-electron chi connectivity index (χ4n) is 2.50. The Morgan fingerprint density at radius 3 is 2.80 bits per heavy atom. The molecule has 104 valence electrons. The molecule has 1 heterocycles. The molecule has 0 spiro atoms. The van der Waals surface area contributed by atoms with E-state index in [0.717, 1.165) is 41.4 Å². The van der Waals surface area contributed by atoms with E-state index in [1.165, 1.54) is 12.1 Å². The Hall–Kier alpha value is -1.53. The molecule has 3 rings (SSSR count). The van der Waals surface area contributed by atoms with E-state index in [1.54, 1.807) is 6.07 Å².